The zero-order valence-corrected chi connectivity index (χ0v) is 19.0. The Morgan fingerprint density at radius 1 is 1.17 bits per heavy atom. The van der Waals surface area contributed by atoms with Crippen molar-refractivity contribution in [2.75, 3.05) is 11.9 Å². The van der Waals surface area contributed by atoms with Crippen molar-refractivity contribution in [3.63, 3.8) is 0 Å². The molecule has 0 saturated heterocycles. The van der Waals surface area contributed by atoms with E-state index in [1.807, 2.05) is 24.4 Å². The summed E-state index contributed by atoms with van der Waals surface area (Å²) in [5.41, 5.74) is 3.59. The van der Waals surface area contributed by atoms with Crippen LogP contribution in [-0.2, 0) is 10.2 Å². The maximum absolute atomic E-state index is 12.4. The Morgan fingerprint density at radius 2 is 1.93 bits per heavy atom. The monoisotopic (exact) mass is 448 g/mol. The summed E-state index contributed by atoms with van der Waals surface area (Å²) in [6.45, 7) is 8.30. The van der Waals surface area contributed by atoms with Gasteiger partial charge in [-0.25, -0.2) is 4.98 Å². The number of aromatic nitrogens is 1. The topological polar surface area (TPSA) is 51.2 Å². The van der Waals surface area contributed by atoms with Crippen molar-refractivity contribution < 1.29 is 9.53 Å². The van der Waals surface area contributed by atoms with Crippen molar-refractivity contribution >= 4 is 45.6 Å². The number of nitrogens with zero attached hydrogens (tertiary/aromatic N) is 1. The van der Waals surface area contributed by atoms with Gasteiger partial charge < -0.3 is 4.74 Å². The average Bonchev–Trinajstić information content (AvgIpc) is 3.08. The van der Waals surface area contributed by atoms with Gasteiger partial charge in [0.25, 0.3) is 5.91 Å². The largest absolute Gasteiger partial charge is 0.483 e. The third-order valence-electron chi connectivity index (χ3n) is 4.26. The normalized spacial score (nSPS) is 11.4. The number of benzene rings is 2. The highest BCUT2D eigenvalue weighted by molar-refractivity contribution is 7.14. The van der Waals surface area contributed by atoms with Crippen LogP contribution in [0.3, 0.4) is 0 Å². The van der Waals surface area contributed by atoms with E-state index in [4.69, 9.17) is 27.9 Å². The maximum Gasteiger partial charge on any atom is 0.264 e. The zero-order valence-electron chi connectivity index (χ0n) is 16.7. The van der Waals surface area contributed by atoms with Crippen LogP contribution >= 0.6 is 34.5 Å². The molecular formula is C22H22Cl2N2O2S. The highest BCUT2D eigenvalue weighted by Crippen LogP contribution is 2.33. The smallest absolute Gasteiger partial charge is 0.264 e. The van der Waals surface area contributed by atoms with Crippen LogP contribution in [0.4, 0.5) is 5.13 Å². The summed E-state index contributed by atoms with van der Waals surface area (Å²) in [6.07, 6.45) is 0. The first kappa shape index (κ1) is 21.6. The molecule has 7 heteroatoms. The van der Waals surface area contributed by atoms with Gasteiger partial charge in [-0.3, -0.25) is 10.1 Å². The number of carbonyl (C=O) groups is 1. The number of aryl methyl sites for hydroxylation is 1. The predicted octanol–water partition coefficient (Wildman–Crippen LogP) is 6.74. The quantitative estimate of drug-likeness (QED) is 0.469. The molecule has 4 nitrogen and oxygen atoms in total. The van der Waals surface area contributed by atoms with Crippen molar-refractivity contribution in [3.8, 4) is 17.0 Å². The van der Waals surface area contributed by atoms with Crippen LogP contribution in [0.5, 0.6) is 5.75 Å². The molecule has 0 aliphatic heterocycles. The molecule has 0 fully saturated rings. The lowest BCUT2D eigenvalue weighted by atomic mass is 9.85. The molecule has 3 aromatic rings. The number of hydrogen-bond donors (Lipinski definition) is 1. The number of nitrogens with one attached hydrogen (secondary N) is 1. The minimum atomic E-state index is -0.270. The molecule has 1 amide bonds. The molecule has 1 aromatic heterocycles. The van der Waals surface area contributed by atoms with Crippen molar-refractivity contribution in [1.82, 2.24) is 4.98 Å². The summed E-state index contributed by atoms with van der Waals surface area (Å²) in [4.78, 5) is 16.8. The van der Waals surface area contributed by atoms with E-state index in [9.17, 15) is 4.79 Å². The SMILES string of the molecule is Cc1ccc(OCC(=O)Nc2nc(-c3ccc(Cl)cc3Cl)cs2)c(C(C)(C)C)c1. The van der Waals surface area contributed by atoms with Crippen LogP contribution in [0.15, 0.2) is 41.8 Å². The number of carbonyl (C=O) groups excluding carboxylic acids is 1. The van der Waals surface area contributed by atoms with Gasteiger partial charge in [-0.1, -0.05) is 61.7 Å². The lowest BCUT2D eigenvalue weighted by molar-refractivity contribution is -0.118. The molecule has 2 aromatic carbocycles. The first-order valence-electron chi connectivity index (χ1n) is 9.08. The molecule has 0 unspecified atom stereocenters. The summed E-state index contributed by atoms with van der Waals surface area (Å²) in [7, 11) is 0. The van der Waals surface area contributed by atoms with E-state index in [1.54, 1.807) is 18.2 Å². The number of anilines is 1. The standard InChI is InChI=1S/C22H22Cl2N2O2S/c1-13-5-8-19(16(9-13)22(2,3)4)28-11-20(27)26-21-25-18(12-29-21)15-7-6-14(23)10-17(15)24/h5-10,12H,11H2,1-4H3,(H,25,26,27). The lowest BCUT2D eigenvalue weighted by Crippen LogP contribution is -2.22. The molecule has 0 saturated carbocycles. The first-order chi connectivity index (χ1) is 13.6. The Morgan fingerprint density at radius 3 is 2.62 bits per heavy atom. The molecule has 0 aliphatic rings. The van der Waals surface area contributed by atoms with E-state index in [0.717, 1.165) is 16.7 Å². The Balaban J connectivity index is 1.66. The van der Waals surface area contributed by atoms with Gasteiger partial charge >= 0.3 is 0 Å². The van der Waals surface area contributed by atoms with Crippen molar-refractivity contribution in [2.45, 2.75) is 33.1 Å². The first-order valence-corrected chi connectivity index (χ1v) is 10.7. The molecule has 29 heavy (non-hydrogen) atoms. The second kappa shape index (κ2) is 8.74. The molecule has 0 spiro atoms. The van der Waals surface area contributed by atoms with E-state index in [0.29, 0.717) is 26.6 Å². The Labute approximate surface area is 184 Å². The Hall–Kier alpha value is -2.08. The van der Waals surface area contributed by atoms with Gasteiger partial charge in [0.1, 0.15) is 5.75 Å². The molecular weight excluding hydrogens is 427 g/mol. The fourth-order valence-corrected chi connectivity index (χ4v) is 4.04. The van der Waals surface area contributed by atoms with Gasteiger partial charge in [-0.15, -0.1) is 11.3 Å². The maximum atomic E-state index is 12.4. The number of ether oxygens (including phenoxy) is 1. The number of hydrogen-bond acceptors (Lipinski definition) is 4. The Bertz CT molecular complexity index is 1040. The van der Waals surface area contributed by atoms with Crippen LogP contribution in [0.2, 0.25) is 10.0 Å². The highest BCUT2D eigenvalue weighted by Gasteiger charge is 2.20. The summed E-state index contributed by atoms with van der Waals surface area (Å²) < 4.78 is 5.81. The summed E-state index contributed by atoms with van der Waals surface area (Å²) in [6, 6.07) is 11.2. The molecule has 152 valence electrons. The molecule has 0 atom stereocenters. The molecule has 1 heterocycles. The van der Waals surface area contributed by atoms with Gasteiger partial charge in [-0.2, -0.15) is 0 Å². The molecule has 3 rings (SSSR count). The number of rotatable bonds is 5. The fraction of sp³-hybridized carbons (Fsp3) is 0.273. The number of thiazole rings is 1. The minimum Gasteiger partial charge on any atom is -0.483 e. The van der Waals surface area contributed by atoms with Crippen LogP contribution in [0, 0.1) is 6.92 Å². The van der Waals surface area contributed by atoms with Crippen molar-refractivity contribution in [3.05, 3.63) is 63.0 Å². The zero-order chi connectivity index (χ0) is 21.2. The molecule has 1 N–H and O–H groups in total. The van der Waals surface area contributed by atoms with Gasteiger partial charge in [0, 0.05) is 16.0 Å². The molecule has 0 radical (unpaired) electrons. The molecule has 0 aliphatic carbocycles. The van der Waals surface area contributed by atoms with Gasteiger partial charge in [0.15, 0.2) is 11.7 Å². The second-order valence-electron chi connectivity index (χ2n) is 7.75. The Kier molecular flexibility index (Phi) is 6.52. The summed E-state index contributed by atoms with van der Waals surface area (Å²) in [5.74, 6) is 0.444. The predicted molar refractivity (Wildman–Crippen MR) is 122 cm³/mol. The minimum absolute atomic E-state index is 0.0834. The lowest BCUT2D eigenvalue weighted by Gasteiger charge is -2.23. The van der Waals surface area contributed by atoms with Crippen molar-refractivity contribution in [2.24, 2.45) is 0 Å². The summed E-state index contributed by atoms with van der Waals surface area (Å²) >= 11 is 13.5. The fourth-order valence-electron chi connectivity index (χ4n) is 2.81. The third-order valence-corrected chi connectivity index (χ3v) is 5.56. The van der Waals surface area contributed by atoms with Gasteiger partial charge in [-0.05, 0) is 42.2 Å². The van der Waals surface area contributed by atoms with E-state index < -0.39 is 0 Å². The number of halogens is 2. The molecule has 0 bridgehead atoms. The van der Waals surface area contributed by atoms with E-state index in [-0.39, 0.29) is 17.9 Å². The highest BCUT2D eigenvalue weighted by atomic mass is 35.5. The average molecular weight is 449 g/mol. The van der Waals surface area contributed by atoms with Crippen LogP contribution in [0.25, 0.3) is 11.3 Å². The summed E-state index contributed by atoms with van der Waals surface area (Å²) in [5, 5.41) is 6.17. The van der Waals surface area contributed by atoms with Gasteiger partial charge in [0.2, 0.25) is 0 Å². The van der Waals surface area contributed by atoms with Crippen molar-refractivity contribution in [1.29, 1.82) is 0 Å². The van der Waals surface area contributed by atoms with Crippen LogP contribution in [0.1, 0.15) is 31.9 Å². The van der Waals surface area contributed by atoms with E-state index in [2.05, 4.69) is 37.1 Å². The van der Waals surface area contributed by atoms with Crippen LogP contribution < -0.4 is 10.1 Å². The van der Waals surface area contributed by atoms with Crippen LogP contribution in [-0.4, -0.2) is 17.5 Å². The second-order valence-corrected chi connectivity index (χ2v) is 9.45. The van der Waals surface area contributed by atoms with Gasteiger partial charge in [0.05, 0.1) is 10.7 Å². The number of amides is 1. The van der Waals surface area contributed by atoms with E-state index in [1.165, 1.54) is 11.3 Å². The third kappa shape index (κ3) is 5.50. The van der Waals surface area contributed by atoms with E-state index >= 15 is 0 Å².